The van der Waals surface area contributed by atoms with E-state index in [0.29, 0.717) is 56.9 Å². The van der Waals surface area contributed by atoms with E-state index in [4.69, 9.17) is 16.3 Å². The van der Waals surface area contributed by atoms with Gasteiger partial charge in [0.05, 0.1) is 36.8 Å². The van der Waals surface area contributed by atoms with E-state index < -0.39 is 172 Å². The molecule has 10 atom stereocenters. The van der Waals surface area contributed by atoms with E-state index in [0.717, 1.165) is 68.4 Å². The third kappa shape index (κ3) is 19.2. The van der Waals surface area contributed by atoms with Crippen LogP contribution in [-0.4, -0.2) is 251 Å². The minimum absolute atomic E-state index is 0.0226. The lowest BCUT2D eigenvalue weighted by Crippen LogP contribution is -2.65. The van der Waals surface area contributed by atoms with Crippen LogP contribution in [0, 0.1) is 17.8 Å². The maximum Gasteiger partial charge on any atom is 0.417 e. The van der Waals surface area contributed by atoms with Gasteiger partial charge in [-0.15, -0.1) is 0 Å². The van der Waals surface area contributed by atoms with E-state index in [1.54, 1.807) is 6.92 Å². The van der Waals surface area contributed by atoms with Crippen molar-refractivity contribution in [1.29, 1.82) is 0 Å². The molecule has 12 amide bonds. The quantitative estimate of drug-likeness (QED) is 0.175. The molecule has 3 saturated carbocycles. The molecule has 0 unspecified atom stereocenters. The van der Waals surface area contributed by atoms with Gasteiger partial charge in [-0.3, -0.25) is 57.5 Å². The summed E-state index contributed by atoms with van der Waals surface area (Å²) in [5.41, 5.74) is -2.35. The van der Waals surface area contributed by atoms with Gasteiger partial charge in [0.25, 0.3) is 0 Å². The molecule has 568 valence electrons. The lowest BCUT2D eigenvalue weighted by atomic mass is 9.84. The number of amides is 12. The van der Waals surface area contributed by atoms with Gasteiger partial charge in [0.15, 0.2) is 0 Å². The summed E-state index contributed by atoms with van der Waals surface area (Å²) in [7, 11) is 7.25. The third-order valence-corrected chi connectivity index (χ3v) is 23.2. The lowest BCUT2D eigenvalue weighted by Gasteiger charge is -2.44. The van der Waals surface area contributed by atoms with Gasteiger partial charge in [-0.1, -0.05) is 122 Å². The van der Waals surface area contributed by atoms with Crippen molar-refractivity contribution in [2.75, 3.05) is 81.2 Å². The molecular formula is C73H110ClF3N12O13. The van der Waals surface area contributed by atoms with Gasteiger partial charge in [-0.05, 0) is 113 Å². The maximum absolute atomic E-state index is 15.7. The highest BCUT2D eigenvalue weighted by atomic mass is 35.5. The summed E-state index contributed by atoms with van der Waals surface area (Å²) in [5.74, 6) is -8.59. The number of carbonyl (C=O) groups is 12. The van der Waals surface area contributed by atoms with Crippen molar-refractivity contribution in [3.63, 3.8) is 0 Å². The van der Waals surface area contributed by atoms with Crippen LogP contribution >= 0.6 is 11.6 Å². The van der Waals surface area contributed by atoms with Crippen molar-refractivity contribution in [2.24, 2.45) is 17.8 Å². The summed E-state index contributed by atoms with van der Waals surface area (Å²) in [6, 6.07) is -7.84. The monoisotopic (exact) mass is 1450 g/mol. The zero-order valence-electron chi connectivity index (χ0n) is 61.2. The Morgan fingerprint density at radius 3 is 1.93 bits per heavy atom. The summed E-state index contributed by atoms with van der Waals surface area (Å²) < 4.78 is 47.3. The number of morpholine rings is 1. The highest BCUT2D eigenvalue weighted by Gasteiger charge is 2.52. The van der Waals surface area contributed by atoms with Gasteiger partial charge in [-0.2, -0.15) is 13.2 Å². The second-order valence-corrected chi connectivity index (χ2v) is 30.2. The van der Waals surface area contributed by atoms with Crippen LogP contribution < -0.4 is 21.3 Å². The second kappa shape index (κ2) is 36.1. The van der Waals surface area contributed by atoms with Gasteiger partial charge >= 0.3 is 6.18 Å². The molecule has 25 nitrogen and oxygen atoms in total. The standard InChI is InChI=1S/C73H110ClF3N12O13/c1-10-12-14-26-53-62(92)80-60(45(3)11-2)64(94)78-46(4)65(95)89-36-32-55(89)68(98)84(7)56(42-47-22-15-13-16-23-47)67(97)82(5)44-58(90)79-52(31-29-48-28-30-50(51(74)41-48)73(75,76)77)66(96)88-35-21-27-54(88)63(93)81-72(33-19-20-34-72)71(101)86(9)61(49-24-17-18-25-49)70(100)85(8)57(43-59(91)83(53)6)69(99)87-37-39-102-40-38-87/h28,30,41,45-47,49,52-57,60-61H,10-27,29,31-40,42-44H2,1-9H3,(H,78,94)(H,79,90)(H,80,92)(H,81,93)/t45-,46-,52-,53-,54-,55-,56-,57-,60-,61-/m0/s1. The number of ether oxygens (including phenoxy) is 1. The molecule has 0 aromatic heterocycles. The topological polar surface area (TPSA) is 288 Å². The number of carbonyl (C=O) groups excluding carboxylic acids is 12. The predicted molar refractivity (Wildman–Crippen MR) is 373 cm³/mol. The highest BCUT2D eigenvalue weighted by molar-refractivity contribution is 6.31. The third-order valence-electron chi connectivity index (χ3n) is 22.9. The van der Waals surface area contributed by atoms with Crippen LogP contribution in [0.1, 0.15) is 193 Å². The second-order valence-electron chi connectivity index (χ2n) is 29.8. The molecule has 7 aliphatic rings. The largest absolute Gasteiger partial charge is 0.417 e. The first kappa shape index (κ1) is 80.6. The molecule has 102 heavy (non-hydrogen) atoms. The van der Waals surface area contributed by atoms with Crippen molar-refractivity contribution in [3.05, 3.63) is 34.3 Å². The maximum atomic E-state index is 15.7. The minimum Gasteiger partial charge on any atom is -0.378 e. The van der Waals surface area contributed by atoms with Crippen molar-refractivity contribution in [3.8, 4) is 0 Å². The van der Waals surface area contributed by atoms with Gasteiger partial charge < -0.3 is 65.2 Å². The molecule has 0 bridgehead atoms. The van der Waals surface area contributed by atoms with E-state index in [1.807, 2.05) is 13.8 Å². The molecule has 7 fully saturated rings. The van der Waals surface area contributed by atoms with E-state index >= 15 is 28.8 Å². The first-order chi connectivity index (χ1) is 48.4. The number of aryl methyl sites for hydroxylation is 1. The molecule has 4 heterocycles. The molecule has 8 rings (SSSR count). The normalized spacial score (nSPS) is 28.2. The number of unbranched alkanes of at least 4 members (excludes halogenated alkanes) is 2. The van der Waals surface area contributed by atoms with E-state index in [9.17, 15) is 41.9 Å². The number of nitrogens with zero attached hydrogens (tertiary/aromatic N) is 8. The first-order valence-electron chi connectivity index (χ1n) is 37.3. The Morgan fingerprint density at radius 2 is 1.31 bits per heavy atom. The van der Waals surface area contributed by atoms with Crippen molar-refractivity contribution in [1.82, 2.24) is 60.5 Å². The van der Waals surface area contributed by atoms with Crippen molar-refractivity contribution < 1.29 is 75.4 Å². The van der Waals surface area contributed by atoms with Crippen LogP contribution in [0.3, 0.4) is 0 Å². The molecule has 4 saturated heterocycles. The summed E-state index contributed by atoms with van der Waals surface area (Å²) in [4.78, 5) is 191. The Bertz CT molecular complexity index is 3190. The molecule has 1 aromatic rings. The summed E-state index contributed by atoms with van der Waals surface area (Å²) >= 11 is 6.17. The zero-order chi connectivity index (χ0) is 74.5. The highest BCUT2D eigenvalue weighted by Crippen LogP contribution is 2.39. The number of hydrogen-bond acceptors (Lipinski definition) is 13. The van der Waals surface area contributed by atoms with Crippen LogP contribution in [0.4, 0.5) is 13.2 Å². The lowest BCUT2D eigenvalue weighted by molar-refractivity contribution is -0.158. The Hall–Kier alpha value is -7.10. The molecular weight excluding hydrogens is 1350 g/mol. The van der Waals surface area contributed by atoms with Crippen LogP contribution in [0.2, 0.25) is 5.02 Å². The van der Waals surface area contributed by atoms with Gasteiger partial charge in [0.2, 0.25) is 70.9 Å². The van der Waals surface area contributed by atoms with E-state index in [1.165, 1.54) is 82.5 Å². The SMILES string of the molecule is CCCCC[C@H]1C(=O)N[C@@H]([C@@H](C)CC)C(=O)N[C@@H](C)C(=O)N2CC[C@H]2C(=O)N(C)[C@@H](CC2CCCCC2)C(=O)N(C)CC(=O)N[C@@H](CCc2ccc(C(F)(F)F)c(Cl)c2)C(=O)N2CCC[C@H]2C(=O)NC2(CCCC2)C(=O)N(C)[C@@H](C2CCCC2)C(=O)N(C)[C@H](C(=O)N2CCOCC2)CC(=O)N1C. The number of alkyl halides is 3. The molecule has 29 heteroatoms. The van der Waals surface area contributed by atoms with Gasteiger partial charge in [0, 0.05) is 61.4 Å². The number of hydrogen-bond donors (Lipinski definition) is 4. The Morgan fingerprint density at radius 1 is 0.657 bits per heavy atom. The van der Waals surface area contributed by atoms with Crippen LogP contribution in [0.5, 0.6) is 0 Å². The fourth-order valence-corrected chi connectivity index (χ4v) is 16.6. The van der Waals surface area contributed by atoms with Crippen LogP contribution in [0.25, 0.3) is 0 Å². The van der Waals surface area contributed by atoms with E-state index in [2.05, 4.69) is 21.3 Å². The summed E-state index contributed by atoms with van der Waals surface area (Å²) in [5, 5.41) is 11.0. The summed E-state index contributed by atoms with van der Waals surface area (Å²) in [6.45, 7) is 7.32. The average molecular weight is 1460 g/mol. The smallest absolute Gasteiger partial charge is 0.378 e. The van der Waals surface area contributed by atoms with Gasteiger partial charge in [-0.25, -0.2) is 0 Å². The average Bonchev–Trinajstić information content (AvgIpc) is 1.21. The molecule has 4 aliphatic heterocycles. The fourth-order valence-electron chi connectivity index (χ4n) is 16.3. The van der Waals surface area contributed by atoms with Crippen molar-refractivity contribution >= 4 is 82.5 Å². The van der Waals surface area contributed by atoms with Gasteiger partial charge in [0.1, 0.15) is 59.9 Å². The number of halogens is 4. The molecule has 4 N–H and O–H groups in total. The number of rotatable bonds is 13. The predicted octanol–water partition coefficient (Wildman–Crippen LogP) is 5.60. The molecule has 1 spiro atoms. The Balaban J connectivity index is 1.17. The fraction of sp³-hybridized carbons (Fsp3) is 0.753. The van der Waals surface area contributed by atoms with Crippen molar-refractivity contribution in [2.45, 2.75) is 254 Å². The first-order valence-corrected chi connectivity index (χ1v) is 37.7. The Labute approximate surface area is 603 Å². The number of fused-ring (bicyclic) bond motifs is 2. The van der Waals surface area contributed by atoms with Crippen LogP contribution in [-0.2, 0) is 74.9 Å². The summed E-state index contributed by atoms with van der Waals surface area (Å²) in [6.07, 6.45) is 6.09. The minimum atomic E-state index is -4.76. The molecule has 3 aliphatic carbocycles. The molecule has 1 aromatic carbocycles. The van der Waals surface area contributed by atoms with Crippen LogP contribution in [0.15, 0.2) is 18.2 Å². The zero-order valence-corrected chi connectivity index (χ0v) is 61.9. The van der Waals surface area contributed by atoms with E-state index in [-0.39, 0.29) is 96.7 Å². The number of nitrogens with one attached hydrogen (secondary N) is 4. The number of likely N-dealkylation sites (N-methyl/N-ethyl adjacent to an activating group) is 5. The number of benzene rings is 1. The Kier molecular flexibility index (Phi) is 28.5. The molecule has 0 radical (unpaired) electrons.